The minimum Gasteiger partial charge on any atom is -0.306 e. The maximum Gasteiger partial charge on any atom is 0.157 e. The molecule has 2 aromatic rings. The summed E-state index contributed by atoms with van der Waals surface area (Å²) in [6.07, 6.45) is 3.41. The largest absolute Gasteiger partial charge is 0.306 e. The molecule has 3 rings (SSSR count). The van der Waals surface area contributed by atoms with Crippen LogP contribution < -0.4 is 5.30 Å². The van der Waals surface area contributed by atoms with E-state index in [9.17, 15) is 4.21 Å². The maximum absolute atomic E-state index is 10.9. The predicted molar refractivity (Wildman–Crippen MR) is 97.4 cm³/mol. The summed E-state index contributed by atoms with van der Waals surface area (Å²) in [5.74, 6) is 0.196. The monoisotopic (exact) mass is 330 g/mol. The molecule has 2 aromatic carbocycles. The minimum atomic E-state index is -1.78. The Bertz CT molecular complexity index is 718. The Hall–Kier alpha value is -1.28. The molecule has 22 heavy (non-hydrogen) atoms. The molecule has 0 radical (unpaired) electrons. The van der Waals surface area contributed by atoms with Crippen LogP contribution in [-0.2, 0) is 16.8 Å². The van der Waals surface area contributed by atoms with E-state index in [1.54, 1.807) is 0 Å². The Labute approximate surface area is 136 Å². The van der Waals surface area contributed by atoms with Gasteiger partial charge in [0.15, 0.2) is 11.1 Å². The van der Waals surface area contributed by atoms with Crippen molar-refractivity contribution >= 4 is 36.8 Å². The van der Waals surface area contributed by atoms with E-state index in [-0.39, 0.29) is 5.75 Å². The summed E-state index contributed by atoms with van der Waals surface area (Å²) < 4.78 is 19.8. The van der Waals surface area contributed by atoms with E-state index in [0.717, 1.165) is 18.4 Å². The van der Waals surface area contributed by atoms with Gasteiger partial charge in [0.05, 0.1) is 5.75 Å². The molecule has 2 nitrogen and oxygen atoms in total. The molecule has 2 unspecified atom stereocenters. The van der Waals surface area contributed by atoms with Crippen LogP contribution in [0.4, 0.5) is 0 Å². The fraction of sp³-hybridized carbons (Fsp3) is 0.222. The van der Waals surface area contributed by atoms with Crippen molar-refractivity contribution in [2.24, 2.45) is 0 Å². The summed E-state index contributed by atoms with van der Waals surface area (Å²) in [4.78, 5) is 0. The zero-order valence-corrected chi connectivity index (χ0v) is 14.3. The summed E-state index contributed by atoms with van der Waals surface area (Å²) in [6, 6.07) is 16.7. The topological polar surface area (TPSA) is 37.3 Å². The highest BCUT2D eigenvalue weighted by Crippen LogP contribution is 2.39. The van der Waals surface area contributed by atoms with Crippen molar-refractivity contribution in [2.75, 3.05) is 0 Å². The summed E-state index contributed by atoms with van der Waals surface area (Å²) in [5, 5.41) is 1.20. The van der Waals surface area contributed by atoms with Crippen LogP contribution in [0.1, 0.15) is 36.0 Å². The average molecular weight is 330 g/mol. The van der Waals surface area contributed by atoms with Gasteiger partial charge in [-0.1, -0.05) is 48.5 Å². The van der Waals surface area contributed by atoms with Gasteiger partial charge in [-0.05, 0) is 52.4 Å². The van der Waals surface area contributed by atoms with E-state index < -0.39 is 11.1 Å². The first-order chi connectivity index (χ1) is 10.6. The molecule has 0 spiro atoms. The third kappa shape index (κ3) is 3.55. The molecule has 0 aromatic heterocycles. The zero-order chi connectivity index (χ0) is 15.5. The minimum absolute atomic E-state index is 0.196. The Balaban J connectivity index is 1.92. The molecule has 2 atom stereocenters. The molecule has 1 aliphatic rings. The van der Waals surface area contributed by atoms with Gasteiger partial charge in [-0.25, -0.2) is 4.21 Å². The molecular formula is C18H19O2PS. The summed E-state index contributed by atoms with van der Waals surface area (Å²) in [5.41, 5.74) is 6.28. The number of allylic oxidation sites excluding steroid dienone is 2. The van der Waals surface area contributed by atoms with E-state index in [2.05, 4.69) is 45.6 Å². The van der Waals surface area contributed by atoms with Crippen molar-refractivity contribution in [1.82, 2.24) is 0 Å². The van der Waals surface area contributed by atoms with E-state index in [1.165, 1.54) is 34.0 Å². The molecule has 0 aliphatic heterocycles. The van der Waals surface area contributed by atoms with Crippen LogP contribution in [-0.4, -0.2) is 8.76 Å². The van der Waals surface area contributed by atoms with Gasteiger partial charge in [-0.15, -0.1) is 9.24 Å². The number of hydrogen-bond acceptors (Lipinski definition) is 1. The van der Waals surface area contributed by atoms with Gasteiger partial charge in [0.1, 0.15) is 0 Å². The van der Waals surface area contributed by atoms with E-state index in [0.29, 0.717) is 0 Å². The van der Waals surface area contributed by atoms with Crippen LogP contribution in [0, 0.1) is 0 Å². The van der Waals surface area contributed by atoms with Gasteiger partial charge in [0.2, 0.25) is 0 Å². The normalized spacial score (nSPS) is 16.1. The van der Waals surface area contributed by atoms with Gasteiger partial charge < -0.3 is 4.55 Å². The molecule has 1 N–H and O–H groups in total. The van der Waals surface area contributed by atoms with E-state index in [1.807, 2.05) is 12.1 Å². The second kappa shape index (κ2) is 6.87. The highest BCUT2D eigenvalue weighted by Gasteiger charge is 2.17. The molecule has 0 amide bonds. The Morgan fingerprint density at radius 3 is 1.91 bits per heavy atom. The van der Waals surface area contributed by atoms with Gasteiger partial charge in [0, 0.05) is 0 Å². The second-order valence-corrected chi connectivity index (χ2v) is 7.19. The standard InChI is InChI=1S/C18H19O2PS/c19-22(20)12-13-4-6-14(7-5-13)17-2-1-3-18(17)15-8-10-16(21)11-9-15/h4-11H,1-3,12,21H2,(H,19,20). The number of benzene rings is 2. The molecule has 0 heterocycles. The van der Waals surface area contributed by atoms with Crippen LogP contribution in [0.3, 0.4) is 0 Å². The van der Waals surface area contributed by atoms with Crippen molar-refractivity contribution in [3.05, 3.63) is 65.2 Å². The van der Waals surface area contributed by atoms with Gasteiger partial charge >= 0.3 is 0 Å². The fourth-order valence-electron chi connectivity index (χ4n) is 3.01. The summed E-state index contributed by atoms with van der Waals surface area (Å²) in [6.45, 7) is 0. The summed E-state index contributed by atoms with van der Waals surface area (Å²) in [7, 11) is 2.72. The molecule has 0 saturated heterocycles. The van der Waals surface area contributed by atoms with Gasteiger partial charge in [0.25, 0.3) is 0 Å². The lowest BCUT2D eigenvalue weighted by atomic mass is 9.96. The average Bonchev–Trinajstić information content (AvgIpc) is 2.97. The summed E-state index contributed by atoms with van der Waals surface area (Å²) >= 11 is -1.78. The van der Waals surface area contributed by atoms with Crippen molar-refractivity contribution in [3.8, 4) is 0 Å². The van der Waals surface area contributed by atoms with Gasteiger partial charge in [-0.2, -0.15) is 0 Å². The van der Waals surface area contributed by atoms with E-state index in [4.69, 9.17) is 4.55 Å². The first kappa shape index (κ1) is 15.6. The first-order valence-corrected chi connectivity index (χ1v) is 9.23. The fourth-order valence-corrected chi connectivity index (χ4v) is 3.68. The van der Waals surface area contributed by atoms with E-state index >= 15 is 0 Å². The lowest BCUT2D eigenvalue weighted by Crippen LogP contribution is -1.94. The molecule has 1 aliphatic carbocycles. The Morgan fingerprint density at radius 2 is 1.41 bits per heavy atom. The van der Waals surface area contributed by atoms with Crippen molar-refractivity contribution in [2.45, 2.75) is 25.0 Å². The SMILES string of the molecule is O=S(O)Cc1ccc(C2=C(c3ccc(P)cc3)CCC2)cc1. The molecule has 114 valence electrons. The molecule has 0 fully saturated rings. The van der Waals surface area contributed by atoms with Gasteiger partial charge in [-0.3, -0.25) is 0 Å². The lowest BCUT2D eigenvalue weighted by molar-refractivity contribution is 0.563. The molecule has 0 bridgehead atoms. The number of hydrogen-bond donors (Lipinski definition) is 1. The molecule has 4 heteroatoms. The second-order valence-electron chi connectivity index (χ2n) is 5.60. The first-order valence-electron chi connectivity index (χ1n) is 7.38. The smallest absolute Gasteiger partial charge is 0.157 e. The van der Waals surface area contributed by atoms with Crippen molar-refractivity contribution in [3.63, 3.8) is 0 Å². The van der Waals surface area contributed by atoms with Crippen molar-refractivity contribution < 1.29 is 8.76 Å². The number of rotatable bonds is 4. The van der Waals surface area contributed by atoms with Crippen LogP contribution in [0.25, 0.3) is 11.1 Å². The quantitative estimate of drug-likeness (QED) is 0.679. The van der Waals surface area contributed by atoms with Crippen LogP contribution in [0.2, 0.25) is 0 Å². The highest BCUT2D eigenvalue weighted by molar-refractivity contribution is 7.78. The lowest BCUT2D eigenvalue weighted by Gasteiger charge is -2.09. The van der Waals surface area contributed by atoms with Crippen LogP contribution in [0.5, 0.6) is 0 Å². The molecule has 0 saturated carbocycles. The highest BCUT2D eigenvalue weighted by atomic mass is 32.2. The zero-order valence-electron chi connectivity index (χ0n) is 12.3. The van der Waals surface area contributed by atoms with Crippen LogP contribution in [0.15, 0.2) is 48.5 Å². The Morgan fingerprint density at radius 1 is 0.909 bits per heavy atom. The third-order valence-electron chi connectivity index (χ3n) is 4.07. The molecular weight excluding hydrogens is 311 g/mol. The van der Waals surface area contributed by atoms with Crippen LogP contribution >= 0.6 is 9.24 Å². The Kier molecular flexibility index (Phi) is 4.87. The maximum atomic E-state index is 10.9. The van der Waals surface area contributed by atoms with Crippen molar-refractivity contribution in [1.29, 1.82) is 0 Å². The third-order valence-corrected chi connectivity index (χ3v) is 5.03. The predicted octanol–water partition coefficient (Wildman–Crippen LogP) is 4.00.